The fourth-order valence-electron chi connectivity index (χ4n) is 4.38. The number of hydrogen-bond acceptors (Lipinski definition) is 2. The molecule has 0 aromatic heterocycles. The minimum atomic E-state index is -0.0923. The van der Waals surface area contributed by atoms with Gasteiger partial charge in [0.05, 0.1) is 0 Å². The Balaban J connectivity index is 1.56. The fourth-order valence-corrected chi connectivity index (χ4v) is 4.38. The first kappa shape index (κ1) is 18.5. The smallest absolute Gasteiger partial charge is 0.322 e. The van der Waals surface area contributed by atoms with Gasteiger partial charge in [-0.1, -0.05) is 30.3 Å². The number of piperidine rings is 1. The molecule has 0 radical (unpaired) electrons. The van der Waals surface area contributed by atoms with Gasteiger partial charge in [0, 0.05) is 43.3 Å². The van der Waals surface area contributed by atoms with E-state index in [1.807, 2.05) is 30.0 Å². The van der Waals surface area contributed by atoms with E-state index in [-0.39, 0.29) is 11.9 Å². The molecule has 2 heterocycles. The summed E-state index contributed by atoms with van der Waals surface area (Å²) >= 11 is 0. The van der Waals surface area contributed by atoms with Gasteiger partial charge in [0.1, 0.15) is 0 Å². The van der Waals surface area contributed by atoms with Crippen LogP contribution in [0.3, 0.4) is 0 Å². The zero-order chi connectivity index (χ0) is 19.7. The van der Waals surface area contributed by atoms with Gasteiger partial charge in [-0.3, -0.25) is 9.69 Å². The number of amides is 3. The SMILES string of the molecule is Cc1ccccc1C1CCCN(C(=O)c2ccc(C)c(N3CCNC3=O)c2)C1. The monoisotopic (exact) mass is 377 g/mol. The fraction of sp³-hybridized carbons (Fsp3) is 0.391. The number of carbonyl (C=O) groups is 2. The summed E-state index contributed by atoms with van der Waals surface area (Å²) in [7, 11) is 0. The van der Waals surface area contributed by atoms with E-state index < -0.39 is 0 Å². The quantitative estimate of drug-likeness (QED) is 0.883. The minimum absolute atomic E-state index is 0.0548. The predicted octanol–water partition coefficient (Wildman–Crippen LogP) is 3.85. The van der Waals surface area contributed by atoms with E-state index in [4.69, 9.17) is 0 Å². The van der Waals surface area contributed by atoms with Gasteiger partial charge >= 0.3 is 6.03 Å². The Hall–Kier alpha value is -2.82. The molecule has 28 heavy (non-hydrogen) atoms. The highest BCUT2D eigenvalue weighted by molar-refractivity contribution is 5.99. The Morgan fingerprint density at radius 3 is 2.64 bits per heavy atom. The number of nitrogens with one attached hydrogen (secondary N) is 1. The molecule has 0 aliphatic carbocycles. The van der Waals surface area contributed by atoms with E-state index in [0.717, 1.165) is 37.2 Å². The summed E-state index contributed by atoms with van der Waals surface area (Å²) in [4.78, 5) is 29.0. The average Bonchev–Trinajstić information content (AvgIpc) is 3.14. The lowest BCUT2D eigenvalue weighted by Gasteiger charge is -2.34. The van der Waals surface area contributed by atoms with Crippen LogP contribution in [-0.4, -0.2) is 43.0 Å². The number of rotatable bonds is 3. The van der Waals surface area contributed by atoms with E-state index in [1.54, 1.807) is 4.90 Å². The maximum Gasteiger partial charge on any atom is 0.322 e. The lowest BCUT2D eigenvalue weighted by atomic mass is 9.87. The van der Waals surface area contributed by atoms with Crippen molar-refractivity contribution < 1.29 is 9.59 Å². The van der Waals surface area contributed by atoms with Gasteiger partial charge in [-0.05, 0) is 55.5 Å². The average molecular weight is 377 g/mol. The van der Waals surface area contributed by atoms with E-state index in [0.29, 0.717) is 24.6 Å². The molecule has 2 aromatic rings. The van der Waals surface area contributed by atoms with Crippen LogP contribution in [0.25, 0.3) is 0 Å². The number of likely N-dealkylation sites (tertiary alicyclic amines) is 1. The van der Waals surface area contributed by atoms with Crippen molar-refractivity contribution in [2.24, 2.45) is 0 Å². The summed E-state index contributed by atoms with van der Waals surface area (Å²) in [6.07, 6.45) is 2.12. The topological polar surface area (TPSA) is 52.7 Å². The summed E-state index contributed by atoms with van der Waals surface area (Å²) in [6.45, 7) is 6.93. The molecule has 5 heteroatoms. The van der Waals surface area contributed by atoms with Crippen LogP contribution in [0.5, 0.6) is 0 Å². The standard InChI is InChI=1S/C23H27N3O2/c1-16-6-3-4-8-20(16)19-7-5-12-25(15-19)22(27)18-10-9-17(2)21(14-18)26-13-11-24-23(26)28/h3-4,6,8-10,14,19H,5,7,11-13,15H2,1-2H3,(H,24,28). The number of urea groups is 1. The van der Waals surface area contributed by atoms with Crippen LogP contribution < -0.4 is 10.2 Å². The van der Waals surface area contributed by atoms with E-state index >= 15 is 0 Å². The number of carbonyl (C=O) groups excluding carboxylic acids is 2. The molecule has 0 bridgehead atoms. The van der Waals surface area contributed by atoms with Crippen molar-refractivity contribution in [1.29, 1.82) is 0 Å². The van der Waals surface area contributed by atoms with Crippen molar-refractivity contribution in [3.05, 3.63) is 64.7 Å². The summed E-state index contributed by atoms with van der Waals surface area (Å²) in [5.41, 5.74) is 5.13. The summed E-state index contributed by atoms with van der Waals surface area (Å²) < 4.78 is 0. The third-order valence-corrected chi connectivity index (χ3v) is 5.94. The van der Waals surface area contributed by atoms with Gasteiger partial charge in [-0.25, -0.2) is 4.79 Å². The Labute approximate surface area is 166 Å². The minimum Gasteiger partial charge on any atom is -0.338 e. The molecular formula is C23H27N3O2. The Kier molecular flexibility index (Phi) is 5.07. The molecule has 1 N–H and O–H groups in total. The summed E-state index contributed by atoms with van der Waals surface area (Å²) in [5, 5.41) is 2.83. The van der Waals surface area contributed by atoms with Gasteiger partial charge in [0.2, 0.25) is 0 Å². The van der Waals surface area contributed by atoms with E-state index in [2.05, 4.69) is 36.5 Å². The van der Waals surface area contributed by atoms with Crippen molar-refractivity contribution in [3.63, 3.8) is 0 Å². The molecule has 1 atom stereocenters. The number of anilines is 1. The molecule has 2 fully saturated rings. The van der Waals surface area contributed by atoms with Crippen LogP contribution in [0, 0.1) is 13.8 Å². The highest BCUT2D eigenvalue weighted by atomic mass is 16.2. The van der Waals surface area contributed by atoms with Gasteiger partial charge in [-0.2, -0.15) is 0 Å². The van der Waals surface area contributed by atoms with Crippen LogP contribution >= 0.6 is 0 Å². The highest BCUT2D eigenvalue weighted by Gasteiger charge is 2.28. The Morgan fingerprint density at radius 1 is 1.07 bits per heavy atom. The lowest BCUT2D eigenvalue weighted by Crippen LogP contribution is -2.39. The molecule has 0 saturated carbocycles. The maximum atomic E-state index is 13.2. The largest absolute Gasteiger partial charge is 0.338 e. The zero-order valence-electron chi connectivity index (χ0n) is 16.6. The lowest BCUT2D eigenvalue weighted by molar-refractivity contribution is 0.0707. The molecule has 2 aromatic carbocycles. The molecule has 2 aliphatic rings. The molecular weight excluding hydrogens is 350 g/mol. The first-order chi connectivity index (χ1) is 13.5. The Morgan fingerprint density at radius 2 is 1.89 bits per heavy atom. The van der Waals surface area contributed by atoms with Crippen LogP contribution in [0.2, 0.25) is 0 Å². The molecule has 4 rings (SSSR count). The molecule has 3 amide bonds. The van der Waals surface area contributed by atoms with Crippen LogP contribution in [-0.2, 0) is 0 Å². The first-order valence-corrected chi connectivity index (χ1v) is 10.1. The highest BCUT2D eigenvalue weighted by Crippen LogP contribution is 2.30. The van der Waals surface area contributed by atoms with Crippen molar-refractivity contribution in [1.82, 2.24) is 10.2 Å². The van der Waals surface area contributed by atoms with Crippen molar-refractivity contribution in [2.45, 2.75) is 32.6 Å². The van der Waals surface area contributed by atoms with Crippen LogP contribution in [0.15, 0.2) is 42.5 Å². The molecule has 5 nitrogen and oxygen atoms in total. The molecule has 0 spiro atoms. The van der Waals surface area contributed by atoms with Crippen LogP contribution in [0.1, 0.15) is 45.8 Å². The zero-order valence-corrected chi connectivity index (χ0v) is 16.6. The van der Waals surface area contributed by atoms with Gasteiger partial charge < -0.3 is 10.2 Å². The van der Waals surface area contributed by atoms with Gasteiger partial charge in [0.15, 0.2) is 0 Å². The second-order valence-corrected chi connectivity index (χ2v) is 7.83. The van der Waals surface area contributed by atoms with Crippen LogP contribution in [0.4, 0.5) is 10.5 Å². The first-order valence-electron chi connectivity index (χ1n) is 10.1. The van der Waals surface area contributed by atoms with Gasteiger partial charge in [0.25, 0.3) is 5.91 Å². The van der Waals surface area contributed by atoms with E-state index in [9.17, 15) is 9.59 Å². The summed E-state index contributed by atoms with van der Waals surface area (Å²) in [5.74, 6) is 0.437. The van der Waals surface area contributed by atoms with E-state index in [1.165, 1.54) is 11.1 Å². The normalized spacial score (nSPS) is 19.6. The Bertz CT molecular complexity index is 908. The molecule has 2 aliphatic heterocycles. The third kappa shape index (κ3) is 3.49. The predicted molar refractivity (Wildman–Crippen MR) is 111 cm³/mol. The summed E-state index contributed by atoms with van der Waals surface area (Å²) in [6, 6.07) is 14.1. The third-order valence-electron chi connectivity index (χ3n) is 5.94. The second-order valence-electron chi connectivity index (χ2n) is 7.83. The second kappa shape index (κ2) is 7.66. The number of hydrogen-bond donors (Lipinski definition) is 1. The molecule has 1 unspecified atom stereocenters. The molecule has 2 saturated heterocycles. The number of aryl methyl sites for hydroxylation is 2. The number of nitrogens with zero attached hydrogens (tertiary/aromatic N) is 2. The van der Waals surface area contributed by atoms with Crippen molar-refractivity contribution in [2.75, 3.05) is 31.1 Å². The number of benzene rings is 2. The van der Waals surface area contributed by atoms with Crippen molar-refractivity contribution in [3.8, 4) is 0 Å². The molecule has 146 valence electrons. The van der Waals surface area contributed by atoms with Crippen molar-refractivity contribution >= 4 is 17.6 Å². The van der Waals surface area contributed by atoms with Gasteiger partial charge in [-0.15, -0.1) is 0 Å². The maximum absolute atomic E-state index is 13.2.